The number of hydrogen-bond donors (Lipinski definition) is 8. The third-order valence-electron chi connectivity index (χ3n) is 15.3. The second-order valence-electron chi connectivity index (χ2n) is 22.3. The highest BCUT2D eigenvalue weighted by Gasteiger charge is 2.44. The van der Waals surface area contributed by atoms with Crippen molar-refractivity contribution in [3.63, 3.8) is 0 Å². The fraction of sp³-hybridized carbons (Fsp3) is 0.655. The molecule has 22 nitrogen and oxygen atoms in total. The van der Waals surface area contributed by atoms with Gasteiger partial charge in [0.25, 0.3) is 0 Å². The van der Waals surface area contributed by atoms with Crippen LogP contribution in [0.4, 0.5) is 15.3 Å². The van der Waals surface area contributed by atoms with Gasteiger partial charge in [-0.15, -0.1) is 0 Å². The van der Waals surface area contributed by atoms with E-state index in [1.54, 1.807) is 94.8 Å². The highest BCUT2D eigenvalue weighted by molar-refractivity contribution is 5.98. The second kappa shape index (κ2) is 32.8. The van der Waals surface area contributed by atoms with Crippen molar-refractivity contribution in [1.82, 2.24) is 36.0 Å². The van der Waals surface area contributed by atoms with Crippen LogP contribution >= 0.6 is 0 Å². The number of likely N-dealkylation sites (N-methyl/N-ethyl adjacent to an activating group) is 2. The number of likely N-dealkylation sites (tertiary alicyclic amines) is 1. The topological polar surface area (TPSA) is 306 Å². The molecule has 1 aliphatic rings. The summed E-state index contributed by atoms with van der Waals surface area (Å²) in [4.78, 5) is 112. The minimum atomic E-state index is -1.05. The van der Waals surface area contributed by atoms with E-state index in [0.717, 1.165) is 0 Å². The minimum absolute atomic E-state index is 0.0747. The standard InChI is InChI=1S/C58H94N10O12/c1-15-36(8)49(44(78-13)31-45(69)68-30-20-24-43(68)51(79-14)37(9)52(71)62-38(10)50(70)40-21-17-16-18-22-40)66(11)56(75)47(34(4)5)65-55(74)48(35(6)7)67(12)58(77)80-32-39-25-27-41(28-26-39)63-53(72)42(23-19-29-61-57(60)76)64-54(73)46(59)33(2)3/h16-18,21-22,25-28,33-38,42-44,46-51,70H,15,19-20,23-24,29-32,59H2,1-14H3,(H,62,71)(H,63,72)(H,64,73)(H,65,74)(H3,60,61,76)/t36-,37+,38+,42+,43-,44+,46+,47-,48-,49-,50+,51+/m0/s1. The molecule has 0 unspecified atom stereocenters. The summed E-state index contributed by atoms with van der Waals surface area (Å²) in [6, 6.07) is 9.37. The fourth-order valence-electron chi connectivity index (χ4n) is 10.2. The van der Waals surface area contributed by atoms with Crippen molar-refractivity contribution in [3.8, 4) is 0 Å². The van der Waals surface area contributed by atoms with E-state index < -0.39 is 114 Å². The van der Waals surface area contributed by atoms with E-state index in [1.165, 1.54) is 26.2 Å². The Morgan fingerprint density at radius 1 is 0.775 bits per heavy atom. The highest BCUT2D eigenvalue weighted by atomic mass is 16.6. The molecule has 0 aliphatic carbocycles. The van der Waals surface area contributed by atoms with E-state index in [-0.39, 0.29) is 49.6 Å². The third-order valence-corrected chi connectivity index (χ3v) is 15.3. The number of carbonyl (C=O) groups is 8. The van der Waals surface area contributed by atoms with Crippen LogP contribution in [0.15, 0.2) is 54.6 Å². The number of ether oxygens (including phenoxy) is 3. The Bertz CT molecular complexity index is 2320. The van der Waals surface area contributed by atoms with Crippen LogP contribution in [0.5, 0.6) is 0 Å². The monoisotopic (exact) mass is 1120 g/mol. The van der Waals surface area contributed by atoms with Crippen LogP contribution in [0, 0.1) is 29.6 Å². The van der Waals surface area contributed by atoms with Crippen LogP contribution in [0.25, 0.3) is 0 Å². The van der Waals surface area contributed by atoms with E-state index in [1.807, 2.05) is 45.9 Å². The summed E-state index contributed by atoms with van der Waals surface area (Å²) in [5.41, 5.74) is 12.8. The molecule has 0 aromatic heterocycles. The minimum Gasteiger partial charge on any atom is -0.445 e. The number of nitrogens with one attached hydrogen (secondary N) is 5. The smallest absolute Gasteiger partial charge is 0.410 e. The summed E-state index contributed by atoms with van der Waals surface area (Å²) in [5, 5.41) is 24.8. The van der Waals surface area contributed by atoms with Gasteiger partial charge < -0.3 is 67.2 Å². The van der Waals surface area contributed by atoms with E-state index in [2.05, 4.69) is 26.6 Å². The maximum absolute atomic E-state index is 14.7. The lowest BCUT2D eigenvalue weighted by atomic mass is 9.89. The molecule has 2 aromatic rings. The first-order chi connectivity index (χ1) is 37.7. The van der Waals surface area contributed by atoms with E-state index >= 15 is 0 Å². The average Bonchev–Trinajstić information content (AvgIpc) is 3.91. The van der Waals surface area contributed by atoms with Gasteiger partial charge >= 0.3 is 12.1 Å². The average molecular weight is 1120 g/mol. The number of anilines is 1. The number of aliphatic hydroxyl groups is 1. The Kier molecular flexibility index (Phi) is 27.8. The van der Waals surface area contributed by atoms with Crippen molar-refractivity contribution in [2.24, 2.45) is 41.1 Å². The molecule has 1 fully saturated rings. The van der Waals surface area contributed by atoms with E-state index in [4.69, 9.17) is 25.7 Å². The number of nitrogens with zero attached hydrogens (tertiary/aromatic N) is 3. The largest absolute Gasteiger partial charge is 0.445 e. The number of hydrogen-bond acceptors (Lipinski definition) is 13. The van der Waals surface area contributed by atoms with Crippen molar-refractivity contribution < 1.29 is 57.7 Å². The van der Waals surface area contributed by atoms with Crippen LogP contribution in [0.2, 0.25) is 0 Å². The first-order valence-corrected chi connectivity index (χ1v) is 28.0. The Morgan fingerprint density at radius 3 is 1.96 bits per heavy atom. The lowest BCUT2D eigenvalue weighted by Crippen LogP contribution is -2.60. The summed E-state index contributed by atoms with van der Waals surface area (Å²) < 4.78 is 17.7. The van der Waals surface area contributed by atoms with Gasteiger partial charge in [-0.2, -0.15) is 0 Å². The highest BCUT2D eigenvalue weighted by Crippen LogP contribution is 2.30. The number of urea groups is 1. The fourth-order valence-corrected chi connectivity index (χ4v) is 10.2. The molecule has 0 spiro atoms. The molecule has 1 heterocycles. The van der Waals surface area contributed by atoms with Gasteiger partial charge in [0.05, 0.1) is 54.8 Å². The predicted molar refractivity (Wildman–Crippen MR) is 305 cm³/mol. The van der Waals surface area contributed by atoms with Gasteiger partial charge in [-0.05, 0) is 79.5 Å². The van der Waals surface area contributed by atoms with Crippen LogP contribution in [-0.4, -0.2) is 163 Å². The second-order valence-corrected chi connectivity index (χ2v) is 22.3. The van der Waals surface area contributed by atoms with Crippen molar-refractivity contribution in [3.05, 3.63) is 65.7 Å². The van der Waals surface area contributed by atoms with Gasteiger partial charge in [-0.3, -0.25) is 33.7 Å². The SMILES string of the molecule is CC[C@H](C)[C@@H]([C@@H](CC(=O)N1CCC[C@H]1[C@H](OC)[C@@H](C)C(=O)N[C@H](C)[C@@H](O)c1ccccc1)OC)N(C)C(=O)[C@@H](NC(=O)[C@H](C(C)C)N(C)C(=O)OCc1ccc(NC(=O)[C@@H](CCCNC(N)=O)NC(=O)[C@H](N)C(C)C)cc1)C(C)C. The molecule has 2 aromatic carbocycles. The molecule has 0 bridgehead atoms. The van der Waals surface area contributed by atoms with Gasteiger partial charge in [0, 0.05) is 47.1 Å². The molecule has 22 heteroatoms. The van der Waals surface area contributed by atoms with Gasteiger partial charge in [0.1, 0.15) is 24.7 Å². The first kappa shape index (κ1) is 67.9. The molecule has 9 amide bonds. The molecule has 10 N–H and O–H groups in total. The molecule has 12 atom stereocenters. The number of rotatable bonds is 31. The molecule has 448 valence electrons. The maximum Gasteiger partial charge on any atom is 0.410 e. The quantitative estimate of drug-likeness (QED) is 0.0485. The Morgan fingerprint density at radius 2 is 1.41 bits per heavy atom. The summed E-state index contributed by atoms with van der Waals surface area (Å²) in [6.45, 7) is 18.7. The summed E-state index contributed by atoms with van der Waals surface area (Å²) in [6.07, 6.45) is -0.736. The maximum atomic E-state index is 14.7. The van der Waals surface area contributed by atoms with Gasteiger partial charge in [-0.1, -0.05) is 111 Å². The van der Waals surface area contributed by atoms with Crippen molar-refractivity contribution in [2.75, 3.05) is 46.7 Å². The molecular weight excluding hydrogens is 1030 g/mol. The zero-order valence-electron chi connectivity index (χ0n) is 49.7. The zero-order chi connectivity index (χ0) is 60.1. The number of amides is 9. The zero-order valence-corrected chi connectivity index (χ0v) is 49.7. The van der Waals surface area contributed by atoms with E-state index in [0.29, 0.717) is 49.0 Å². The molecule has 1 saturated heterocycles. The number of methoxy groups -OCH3 is 2. The number of primary amides is 1. The van der Waals surface area contributed by atoms with Gasteiger partial charge in [0.2, 0.25) is 35.4 Å². The van der Waals surface area contributed by atoms with Crippen LogP contribution < -0.4 is 38.1 Å². The van der Waals surface area contributed by atoms with Crippen LogP contribution in [0.1, 0.15) is 125 Å². The Hall–Kier alpha value is -6.36. The van der Waals surface area contributed by atoms with E-state index in [9.17, 15) is 43.5 Å². The van der Waals surface area contributed by atoms with Crippen molar-refractivity contribution >= 4 is 53.3 Å². The molecule has 3 rings (SSSR count). The van der Waals surface area contributed by atoms with Crippen LogP contribution in [-0.2, 0) is 49.6 Å². The predicted octanol–water partition coefficient (Wildman–Crippen LogP) is 4.43. The number of nitrogens with two attached hydrogens (primary N) is 2. The molecule has 0 saturated carbocycles. The Balaban J connectivity index is 1.70. The summed E-state index contributed by atoms with van der Waals surface area (Å²) in [5.74, 6) is -4.32. The number of benzene rings is 2. The summed E-state index contributed by atoms with van der Waals surface area (Å²) >= 11 is 0. The first-order valence-electron chi connectivity index (χ1n) is 28.0. The lowest BCUT2D eigenvalue weighted by Gasteiger charge is -2.41. The van der Waals surface area contributed by atoms with Gasteiger partial charge in [-0.25, -0.2) is 9.59 Å². The van der Waals surface area contributed by atoms with Crippen molar-refractivity contribution in [1.29, 1.82) is 0 Å². The van der Waals surface area contributed by atoms with Crippen LogP contribution in [0.3, 0.4) is 0 Å². The molecule has 80 heavy (non-hydrogen) atoms. The normalized spacial score (nSPS) is 17.6. The molecular formula is C58H94N10O12. The van der Waals surface area contributed by atoms with Crippen molar-refractivity contribution in [2.45, 2.75) is 175 Å². The Labute approximate surface area is 473 Å². The third kappa shape index (κ3) is 19.4. The van der Waals surface area contributed by atoms with Gasteiger partial charge in [0.15, 0.2) is 0 Å². The molecule has 1 aliphatic heterocycles. The molecule has 0 radical (unpaired) electrons. The lowest BCUT2D eigenvalue weighted by molar-refractivity contribution is -0.148. The summed E-state index contributed by atoms with van der Waals surface area (Å²) in [7, 11) is 6.12. The number of aliphatic hydroxyl groups excluding tert-OH is 1. The number of carbonyl (C=O) groups excluding carboxylic acids is 8.